The molecule has 0 spiro atoms. The summed E-state index contributed by atoms with van der Waals surface area (Å²) >= 11 is 0. The van der Waals surface area contributed by atoms with Crippen molar-refractivity contribution in [3.8, 4) is 0 Å². The SMILES string of the molecule is COCCOCCOCOC(=O)CN1CCS(=O)(=O)CC1. The summed E-state index contributed by atoms with van der Waals surface area (Å²) < 4.78 is 42.4. The van der Waals surface area contributed by atoms with E-state index in [1.165, 1.54) is 0 Å². The summed E-state index contributed by atoms with van der Waals surface area (Å²) in [5, 5.41) is 0. The molecule has 0 aromatic rings. The van der Waals surface area contributed by atoms with Crippen molar-refractivity contribution in [3.05, 3.63) is 0 Å². The molecular weight excluding hydrogens is 302 g/mol. The van der Waals surface area contributed by atoms with Crippen LogP contribution in [0.5, 0.6) is 0 Å². The van der Waals surface area contributed by atoms with Crippen molar-refractivity contribution in [2.24, 2.45) is 0 Å². The molecule has 9 heteroatoms. The number of ether oxygens (including phenoxy) is 4. The lowest BCUT2D eigenvalue weighted by molar-refractivity contribution is -0.158. The molecule has 0 unspecified atom stereocenters. The fraction of sp³-hybridized carbons (Fsp3) is 0.917. The van der Waals surface area contributed by atoms with E-state index >= 15 is 0 Å². The second-order valence-electron chi connectivity index (χ2n) is 4.58. The molecule has 0 saturated carbocycles. The first-order valence-corrected chi connectivity index (χ1v) is 8.58. The first kappa shape index (κ1) is 18.3. The number of rotatable bonds is 10. The molecule has 0 radical (unpaired) electrons. The van der Waals surface area contributed by atoms with Crippen LogP contribution < -0.4 is 0 Å². The lowest BCUT2D eigenvalue weighted by Gasteiger charge is -2.25. The van der Waals surface area contributed by atoms with Gasteiger partial charge in [0.25, 0.3) is 0 Å². The van der Waals surface area contributed by atoms with Gasteiger partial charge < -0.3 is 18.9 Å². The van der Waals surface area contributed by atoms with E-state index in [1.54, 1.807) is 12.0 Å². The minimum Gasteiger partial charge on any atom is -0.438 e. The highest BCUT2D eigenvalue weighted by atomic mass is 32.2. The van der Waals surface area contributed by atoms with Crippen LogP contribution in [0.15, 0.2) is 0 Å². The zero-order chi connectivity index (χ0) is 15.6. The van der Waals surface area contributed by atoms with Gasteiger partial charge in [0, 0.05) is 20.2 Å². The first-order chi connectivity index (χ1) is 10.0. The van der Waals surface area contributed by atoms with E-state index in [9.17, 15) is 13.2 Å². The van der Waals surface area contributed by atoms with E-state index in [1.807, 2.05) is 0 Å². The predicted molar refractivity (Wildman–Crippen MR) is 74.7 cm³/mol. The summed E-state index contributed by atoms with van der Waals surface area (Å²) in [5.41, 5.74) is 0. The van der Waals surface area contributed by atoms with Crippen LogP contribution in [0, 0.1) is 0 Å². The van der Waals surface area contributed by atoms with Crippen LogP contribution in [0.3, 0.4) is 0 Å². The van der Waals surface area contributed by atoms with E-state index in [0.29, 0.717) is 39.5 Å². The monoisotopic (exact) mass is 325 g/mol. The summed E-state index contributed by atoms with van der Waals surface area (Å²) in [7, 11) is -1.33. The van der Waals surface area contributed by atoms with E-state index in [2.05, 4.69) is 0 Å². The van der Waals surface area contributed by atoms with Crippen LogP contribution in [0.2, 0.25) is 0 Å². The van der Waals surface area contributed by atoms with Crippen molar-refractivity contribution in [1.29, 1.82) is 0 Å². The molecule has 0 bridgehead atoms. The Kier molecular flexibility index (Phi) is 8.77. The molecule has 0 aromatic heterocycles. The number of esters is 1. The minimum absolute atomic E-state index is 0.0865. The third kappa shape index (κ3) is 8.99. The molecule has 0 aliphatic carbocycles. The lowest BCUT2D eigenvalue weighted by atomic mass is 10.4. The predicted octanol–water partition coefficient (Wildman–Crippen LogP) is -1.10. The van der Waals surface area contributed by atoms with Crippen molar-refractivity contribution in [1.82, 2.24) is 4.90 Å². The van der Waals surface area contributed by atoms with Gasteiger partial charge in [-0.1, -0.05) is 0 Å². The van der Waals surface area contributed by atoms with E-state index in [0.717, 1.165) is 0 Å². The quantitative estimate of drug-likeness (QED) is 0.284. The summed E-state index contributed by atoms with van der Waals surface area (Å²) in [6.45, 7) is 2.46. The Morgan fingerprint density at radius 1 is 1.05 bits per heavy atom. The van der Waals surface area contributed by atoms with Gasteiger partial charge in [-0.05, 0) is 0 Å². The molecule has 0 amide bonds. The Labute approximate surface area is 125 Å². The van der Waals surface area contributed by atoms with Crippen LogP contribution in [-0.2, 0) is 33.6 Å². The second kappa shape index (κ2) is 10.1. The Morgan fingerprint density at radius 3 is 2.33 bits per heavy atom. The maximum absolute atomic E-state index is 11.5. The highest BCUT2D eigenvalue weighted by Crippen LogP contribution is 2.03. The number of nitrogens with zero attached hydrogens (tertiary/aromatic N) is 1. The third-order valence-corrected chi connectivity index (χ3v) is 4.51. The highest BCUT2D eigenvalue weighted by Gasteiger charge is 2.23. The largest absolute Gasteiger partial charge is 0.438 e. The van der Waals surface area contributed by atoms with Gasteiger partial charge in [-0.25, -0.2) is 8.42 Å². The zero-order valence-electron chi connectivity index (χ0n) is 12.3. The standard InChI is InChI=1S/C12H23NO7S/c1-17-4-5-18-6-7-19-11-20-12(14)10-13-2-8-21(15,16)9-3-13/h2-11H2,1H3. The average Bonchev–Trinajstić information content (AvgIpc) is 2.44. The van der Waals surface area contributed by atoms with Gasteiger partial charge in [0.1, 0.15) is 0 Å². The number of carbonyl (C=O) groups excluding carboxylic acids is 1. The smallest absolute Gasteiger partial charge is 0.322 e. The number of hydrogen-bond acceptors (Lipinski definition) is 8. The Morgan fingerprint density at radius 2 is 1.67 bits per heavy atom. The average molecular weight is 325 g/mol. The molecule has 0 atom stereocenters. The van der Waals surface area contributed by atoms with Crippen molar-refractivity contribution >= 4 is 15.8 Å². The van der Waals surface area contributed by atoms with Crippen molar-refractivity contribution in [3.63, 3.8) is 0 Å². The molecule has 8 nitrogen and oxygen atoms in total. The van der Waals surface area contributed by atoms with Gasteiger partial charge >= 0.3 is 5.97 Å². The highest BCUT2D eigenvalue weighted by molar-refractivity contribution is 7.91. The molecule has 1 fully saturated rings. The molecule has 0 aromatic carbocycles. The van der Waals surface area contributed by atoms with Crippen LogP contribution >= 0.6 is 0 Å². The molecular formula is C12H23NO7S. The fourth-order valence-corrected chi connectivity index (χ4v) is 2.94. The normalized spacial score (nSPS) is 18.5. The lowest BCUT2D eigenvalue weighted by Crippen LogP contribution is -2.43. The number of hydrogen-bond donors (Lipinski definition) is 0. The van der Waals surface area contributed by atoms with E-state index in [4.69, 9.17) is 18.9 Å². The van der Waals surface area contributed by atoms with Gasteiger partial charge in [0.05, 0.1) is 44.5 Å². The molecule has 1 aliphatic heterocycles. The van der Waals surface area contributed by atoms with Crippen molar-refractivity contribution < 1.29 is 32.2 Å². The minimum atomic E-state index is -2.93. The zero-order valence-corrected chi connectivity index (χ0v) is 13.1. The van der Waals surface area contributed by atoms with Crippen molar-refractivity contribution in [2.75, 3.05) is 71.5 Å². The van der Waals surface area contributed by atoms with Crippen molar-refractivity contribution in [2.45, 2.75) is 0 Å². The maximum Gasteiger partial charge on any atom is 0.322 e. The van der Waals surface area contributed by atoms with Gasteiger partial charge in [-0.3, -0.25) is 9.69 Å². The molecule has 1 rings (SSSR count). The molecule has 21 heavy (non-hydrogen) atoms. The summed E-state index contributed by atoms with van der Waals surface area (Å²) in [4.78, 5) is 13.3. The molecule has 0 N–H and O–H groups in total. The van der Waals surface area contributed by atoms with Crippen LogP contribution in [0.25, 0.3) is 0 Å². The summed E-state index contributed by atoms with van der Waals surface area (Å²) in [6, 6.07) is 0. The van der Waals surface area contributed by atoms with Crippen LogP contribution in [0.1, 0.15) is 0 Å². The second-order valence-corrected chi connectivity index (χ2v) is 6.88. The van der Waals surface area contributed by atoms with Gasteiger partial charge in [-0.2, -0.15) is 0 Å². The number of sulfone groups is 1. The van der Waals surface area contributed by atoms with Gasteiger partial charge in [0.2, 0.25) is 0 Å². The topological polar surface area (TPSA) is 91.4 Å². The molecule has 1 saturated heterocycles. The fourth-order valence-electron chi connectivity index (χ4n) is 1.67. The first-order valence-electron chi connectivity index (χ1n) is 6.76. The van der Waals surface area contributed by atoms with E-state index in [-0.39, 0.29) is 24.8 Å². The van der Waals surface area contributed by atoms with Gasteiger partial charge in [0.15, 0.2) is 16.6 Å². The molecule has 1 heterocycles. The van der Waals surface area contributed by atoms with Crippen LogP contribution in [-0.4, -0.2) is 90.8 Å². The summed E-state index contributed by atoms with van der Waals surface area (Å²) in [6.07, 6.45) is 0. The molecule has 1 aliphatic rings. The van der Waals surface area contributed by atoms with Gasteiger partial charge in [-0.15, -0.1) is 0 Å². The Balaban J connectivity index is 1.97. The number of carbonyl (C=O) groups is 1. The Hall–Kier alpha value is -0.740. The molecule has 124 valence electrons. The Bertz CT molecular complexity index is 384. The van der Waals surface area contributed by atoms with E-state index < -0.39 is 15.8 Å². The number of methoxy groups -OCH3 is 1. The van der Waals surface area contributed by atoms with Crippen LogP contribution in [0.4, 0.5) is 0 Å². The maximum atomic E-state index is 11.5. The third-order valence-electron chi connectivity index (χ3n) is 2.90. The summed E-state index contributed by atoms with van der Waals surface area (Å²) in [5.74, 6) is -0.236.